The minimum Gasteiger partial charge on any atom is -0.371 e. The SMILES string of the molecule is CNC(=O)C1(Nc2cccc(F)c2)CCN(C(=O)c2ccccc2C)CC1. The molecule has 1 fully saturated rings. The first-order chi connectivity index (χ1) is 12.9. The number of carbonyl (C=O) groups is 2. The minimum absolute atomic E-state index is 0.0237. The van der Waals surface area contributed by atoms with Gasteiger partial charge in [0.1, 0.15) is 11.4 Å². The fourth-order valence-electron chi connectivity index (χ4n) is 3.57. The molecule has 6 heteroatoms. The number of aryl methyl sites for hydroxylation is 1. The Labute approximate surface area is 158 Å². The van der Waals surface area contributed by atoms with Gasteiger partial charge in [0, 0.05) is 31.4 Å². The number of likely N-dealkylation sites (N-methyl/N-ethyl adjacent to an activating group) is 1. The van der Waals surface area contributed by atoms with Gasteiger partial charge in [0.2, 0.25) is 5.91 Å². The number of piperidine rings is 1. The highest BCUT2D eigenvalue weighted by molar-refractivity contribution is 5.96. The third-order valence-electron chi connectivity index (χ3n) is 5.15. The smallest absolute Gasteiger partial charge is 0.254 e. The van der Waals surface area contributed by atoms with Gasteiger partial charge in [0.25, 0.3) is 5.91 Å². The molecular weight excluding hydrogens is 345 g/mol. The molecule has 3 rings (SSSR count). The number of benzene rings is 2. The minimum atomic E-state index is -0.870. The molecule has 2 aromatic rings. The fourth-order valence-corrected chi connectivity index (χ4v) is 3.57. The van der Waals surface area contributed by atoms with Gasteiger partial charge in [0.15, 0.2) is 0 Å². The number of halogens is 1. The zero-order valence-corrected chi connectivity index (χ0v) is 15.6. The molecule has 2 aromatic carbocycles. The van der Waals surface area contributed by atoms with Crippen LogP contribution in [-0.2, 0) is 4.79 Å². The Morgan fingerprint density at radius 1 is 1.07 bits per heavy atom. The zero-order chi connectivity index (χ0) is 19.4. The lowest BCUT2D eigenvalue weighted by molar-refractivity contribution is -0.126. The highest BCUT2D eigenvalue weighted by Crippen LogP contribution is 2.29. The van der Waals surface area contributed by atoms with Crippen molar-refractivity contribution in [3.8, 4) is 0 Å². The molecule has 2 N–H and O–H groups in total. The van der Waals surface area contributed by atoms with Crippen molar-refractivity contribution in [2.24, 2.45) is 0 Å². The normalized spacial score (nSPS) is 15.9. The van der Waals surface area contributed by atoms with Crippen LogP contribution in [0.5, 0.6) is 0 Å². The first-order valence-electron chi connectivity index (χ1n) is 9.06. The van der Waals surface area contributed by atoms with Crippen molar-refractivity contribution in [3.05, 3.63) is 65.5 Å². The van der Waals surface area contributed by atoms with E-state index < -0.39 is 5.54 Å². The van der Waals surface area contributed by atoms with E-state index >= 15 is 0 Å². The number of anilines is 1. The van der Waals surface area contributed by atoms with Crippen molar-refractivity contribution in [1.29, 1.82) is 0 Å². The summed E-state index contributed by atoms with van der Waals surface area (Å²) in [5, 5.41) is 5.90. The molecule has 0 spiro atoms. The van der Waals surface area contributed by atoms with Crippen LogP contribution in [0.3, 0.4) is 0 Å². The molecule has 27 heavy (non-hydrogen) atoms. The molecule has 1 saturated heterocycles. The van der Waals surface area contributed by atoms with E-state index in [2.05, 4.69) is 10.6 Å². The molecule has 0 atom stereocenters. The van der Waals surface area contributed by atoms with Crippen LogP contribution >= 0.6 is 0 Å². The molecule has 5 nitrogen and oxygen atoms in total. The summed E-state index contributed by atoms with van der Waals surface area (Å²) in [7, 11) is 1.59. The number of hydrogen-bond acceptors (Lipinski definition) is 3. The van der Waals surface area contributed by atoms with Crippen LogP contribution in [0.25, 0.3) is 0 Å². The van der Waals surface area contributed by atoms with E-state index in [1.54, 1.807) is 24.1 Å². The van der Waals surface area contributed by atoms with Crippen LogP contribution in [-0.4, -0.2) is 42.4 Å². The largest absolute Gasteiger partial charge is 0.371 e. The Bertz CT molecular complexity index is 845. The molecule has 0 aromatic heterocycles. The fraction of sp³-hybridized carbons (Fsp3) is 0.333. The van der Waals surface area contributed by atoms with E-state index in [4.69, 9.17) is 0 Å². The summed E-state index contributed by atoms with van der Waals surface area (Å²) >= 11 is 0. The van der Waals surface area contributed by atoms with Gasteiger partial charge >= 0.3 is 0 Å². The van der Waals surface area contributed by atoms with Crippen molar-refractivity contribution in [2.75, 3.05) is 25.5 Å². The van der Waals surface area contributed by atoms with Crippen LogP contribution in [0.15, 0.2) is 48.5 Å². The number of nitrogens with one attached hydrogen (secondary N) is 2. The first-order valence-corrected chi connectivity index (χ1v) is 9.06. The van der Waals surface area contributed by atoms with Gasteiger partial charge in [-0.1, -0.05) is 24.3 Å². The standard InChI is InChI=1S/C21H24FN3O2/c1-15-6-3-4-9-18(15)19(26)25-12-10-21(11-13-25,20(27)23-2)24-17-8-5-7-16(22)14-17/h3-9,14,24H,10-13H2,1-2H3,(H,23,27). The van der Waals surface area contributed by atoms with E-state index in [1.807, 2.05) is 31.2 Å². The second-order valence-electron chi connectivity index (χ2n) is 6.90. The van der Waals surface area contributed by atoms with E-state index in [0.717, 1.165) is 5.56 Å². The van der Waals surface area contributed by atoms with Crippen LogP contribution in [0, 0.1) is 12.7 Å². The van der Waals surface area contributed by atoms with Crippen LogP contribution < -0.4 is 10.6 Å². The van der Waals surface area contributed by atoms with Crippen LogP contribution in [0.2, 0.25) is 0 Å². The first kappa shape index (κ1) is 18.9. The molecular formula is C21H24FN3O2. The number of rotatable bonds is 4. The lowest BCUT2D eigenvalue weighted by Gasteiger charge is -2.41. The van der Waals surface area contributed by atoms with Gasteiger partial charge in [-0.3, -0.25) is 9.59 Å². The second-order valence-corrected chi connectivity index (χ2v) is 6.90. The van der Waals surface area contributed by atoms with Crippen molar-refractivity contribution in [2.45, 2.75) is 25.3 Å². The van der Waals surface area contributed by atoms with Gasteiger partial charge in [0.05, 0.1) is 0 Å². The Hall–Kier alpha value is -2.89. The monoisotopic (exact) mass is 369 g/mol. The summed E-state index contributed by atoms with van der Waals surface area (Å²) in [5.41, 5.74) is 1.30. The Kier molecular flexibility index (Phi) is 5.44. The molecule has 0 aliphatic carbocycles. The Morgan fingerprint density at radius 2 is 1.78 bits per heavy atom. The zero-order valence-electron chi connectivity index (χ0n) is 15.6. The molecule has 0 saturated carbocycles. The number of hydrogen-bond donors (Lipinski definition) is 2. The maximum Gasteiger partial charge on any atom is 0.254 e. The van der Waals surface area contributed by atoms with Gasteiger partial charge in [-0.15, -0.1) is 0 Å². The number of carbonyl (C=O) groups excluding carboxylic acids is 2. The molecule has 1 heterocycles. The molecule has 0 unspecified atom stereocenters. The third-order valence-corrected chi connectivity index (χ3v) is 5.15. The molecule has 1 aliphatic rings. The van der Waals surface area contributed by atoms with E-state index in [-0.39, 0.29) is 17.6 Å². The van der Waals surface area contributed by atoms with Gasteiger partial charge in [-0.25, -0.2) is 4.39 Å². The van der Waals surface area contributed by atoms with E-state index in [0.29, 0.717) is 37.2 Å². The van der Waals surface area contributed by atoms with Crippen molar-refractivity contribution in [3.63, 3.8) is 0 Å². The maximum atomic E-state index is 13.5. The molecule has 142 valence electrons. The molecule has 0 bridgehead atoms. The topological polar surface area (TPSA) is 61.4 Å². The Balaban J connectivity index is 1.77. The molecule has 2 amide bonds. The summed E-state index contributed by atoms with van der Waals surface area (Å²) in [6.45, 7) is 2.81. The molecule has 1 aliphatic heterocycles. The average Bonchev–Trinajstić information content (AvgIpc) is 2.68. The maximum absolute atomic E-state index is 13.5. The van der Waals surface area contributed by atoms with Gasteiger partial charge in [-0.05, 0) is 49.6 Å². The van der Waals surface area contributed by atoms with E-state index in [1.165, 1.54) is 12.1 Å². The highest BCUT2D eigenvalue weighted by atomic mass is 19.1. The average molecular weight is 369 g/mol. The van der Waals surface area contributed by atoms with Crippen molar-refractivity contribution >= 4 is 17.5 Å². The Morgan fingerprint density at radius 3 is 2.41 bits per heavy atom. The quantitative estimate of drug-likeness (QED) is 0.871. The predicted octanol–water partition coefficient (Wildman–Crippen LogP) is 2.97. The number of nitrogens with zero attached hydrogens (tertiary/aromatic N) is 1. The lowest BCUT2D eigenvalue weighted by Crippen LogP contribution is -2.58. The van der Waals surface area contributed by atoms with Crippen molar-refractivity contribution < 1.29 is 14.0 Å². The predicted molar refractivity (Wildman–Crippen MR) is 103 cm³/mol. The van der Waals surface area contributed by atoms with Crippen LogP contribution in [0.4, 0.5) is 10.1 Å². The summed E-state index contributed by atoms with van der Waals surface area (Å²) in [6, 6.07) is 13.6. The third kappa shape index (κ3) is 3.94. The summed E-state index contributed by atoms with van der Waals surface area (Å²) < 4.78 is 13.5. The van der Waals surface area contributed by atoms with E-state index in [9.17, 15) is 14.0 Å². The number of likely N-dealkylation sites (tertiary alicyclic amines) is 1. The van der Waals surface area contributed by atoms with Gasteiger partial charge in [-0.2, -0.15) is 0 Å². The summed E-state index contributed by atoms with van der Waals surface area (Å²) in [5.74, 6) is -0.543. The summed E-state index contributed by atoms with van der Waals surface area (Å²) in [6.07, 6.45) is 0.890. The molecule has 0 radical (unpaired) electrons. The number of amides is 2. The summed E-state index contributed by atoms with van der Waals surface area (Å²) in [4.78, 5) is 27.2. The highest BCUT2D eigenvalue weighted by Gasteiger charge is 2.42. The second kappa shape index (κ2) is 7.78. The van der Waals surface area contributed by atoms with Gasteiger partial charge < -0.3 is 15.5 Å². The van der Waals surface area contributed by atoms with Crippen LogP contribution in [0.1, 0.15) is 28.8 Å². The lowest BCUT2D eigenvalue weighted by atomic mass is 9.85. The van der Waals surface area contributed by atoms with Crippen molar-refractivity contribution in [1.82, 2.24) is 10.2 Å².